The standard InChI is InChI=1S/C9H6F2INO4/c1-4(14)6-2-5(17-9(10)11)3-7(12)8(6)13(15)16/h2-3,9H,1H3. The van der Waals surface area contributed by atoms with Gasteiger partial charge >= 0.3 is 6.61 Å². The van der Waals surface area contributed by atoms with E-state index >= 15 is 0 Å². The molecule has 0 N–H and O–H groups in total. The smallest absolute Gasteiger partial charge is 0.387 e. The fraction of sp³-hybridized carbons (Fsp3) is 0.222. The number of hydrogen-bond donors (Lipinski definition) is 0. The number of ketones is 1. The predicted octanol–water partition coefficient (Wildman–Crippen LogP) is 3.00. The van der Waals surface area contributed by atoms with E-state index in [1.54, 1.807) is 22.6 Å². The maximum atomic E-state index is 12.0. The largest absolute Gasteiger partial charge is 0.435 e. The lowest BCUT2D eigenvalue weighted by atomic mass is 10.1. The van der Waals surface area contributed by atoms with Crippen LogP contribution in [0.3, 0.4) is 0 Å². The van der Waals surface area contributed by atoms with Crippen LogP contribution in [0.4, 0.5) is 14.5 Å². The summed E-state index contributed by atoms with van der Waals surface area (Å²) >= 11 is 1.59. The summed E-state index contributed by atoms with van der Waals surface area (Å²) in [5, 5.41) is 10.7. The first-order chi connectivity index (χ1) is 7.82. The SMILES string of the molecule is CC(=O)c1cc(OC(F)F)cc(I)c1[N+](=O)[O-]. The predicted molar refractivity (Wildman–Crippen MR) is 62.4 cm³/mol. The minimum Gasteiger partial charge on any atom is -0.435 e. The summed E-state index contributed by atoms with van der Waals surface area (Å²) in [6, 6.07) is 2.02. The van der Waals surface area contributed by atoms with Gasteiger partial charge in [-0.15, -0.1) is 0 Å². The zero-order valence-electron chi connectivity index (χ0n) is 8.45. The van der Waals surface area contributed by atoms with Crippen molar-refractivity contribution in [2.24, 2.45) is 0 Å². The molecule has 0 saturated heterocycles. The summed E-state index contributed by atoms with van der Waals surface area (Å²) in [6.45, 7) is -1.93. The lowest BCUT2D eigenvalue weighted by Gasteiger charge is -2.07. The van der Waals surface area contributed by atoms with Crippen LogP contribution in [-0.2, 0) is 0 Å². The van der Waals surface area contributed by atoms with Crippen molar-refractivity contribution in [3.63, 3.8) is 0 Å². The van der Waals surface area contributed by atoms with Crippen LogP contribution in [0, 0.1) is 13.7 Å². The molecule has 0 bridgehead atoms. The molecule has 17 heavy (non-hydrogen) atoms. The van der Waals surface area contributed by atoms with Gasteiger partial charge in [-0.05, 0) is 35.6 Å². The minimum atomic E-state index is -3.05. The van der Waals surface area contributed by atoms with Crippen LogP contribution in [-0.4, -0.2) is 17.3 Å². The van der Waals surface area contributed by atoms with Crippen LogP contribution in [0.5, 0.6) is 5.75 Å². The molecule has 1 aromatic rings. The van der Waals surface area contributed by atoms with Crippen molar-refractivity contribution in [2.75, 3.05) is 0 Å². The van der Waals surface area contributed by atoms with Crippen LogP contribution in [0.1, 0.15) is 17.3 Å². The highest BCUT2D eigenvalue weighted by Crippen LogP contribution is 2.31. The van der Waals surface area contributed by atoms with E-state index in [-0.39, 0.29) is 14.9 Å². The third kappa shape index (κ3) is 3.32. The summed E-state index contributed by atoms with van der Waals surface area (Å²) in [4.78, 5) is 21.2. The maximum Gasteiger partial charge on any atom is 0.387 e. The molecule has 0 aliphatic rings. The van der Waals surface area contributed by atoms with Gasteiger partial charge in [0.15, 0.2) is 5.78 Å². The number of carbonyl (C=O) groups excluding carboxylic acids is 1. The Morgan fingerprint density at radius 3 is 2.53 bits per heavy atom. The molecule has 0 radical (unpaired) electrons. The van der Waals surface area contributed by atoms with E-state index in [9.17, 15) is 23.7 Å². The number of Topliss-reactive ketones (excluding diaryl/α,β-unsaturated/α-hetero) is 1. The first-order valence-electron chi connectivity index (χ1n) is 4.26. The number of nitrogens with zero attached hydrogens (tertiary/aromatic N) is 1. The molecular formula is C9H6F2INO4. The Balaban J connectivity index is 3.36. The molecule has 0 aromatic heterocycles. The second-order valence-electron chi connectivity index (χ2n) is 2.99. The van der Waals surface area contributed by atoms with Crippen LogP contribution in [0.2, 0.25) is 0 Å². The Kier molecular flexibility index (Phi) is 4.32. The Bertz CT molecular complexity index is 478. The number of halogens is 3. The second-order valence-corrected chi connectivity index (χ2v) is 4.16. The maximum absolute atomic E-state index is 12.0. The van der Waals surface area contributed by atoms with Crippen molar-refractivity contribution in [2.45, 2.75) is 13.5 Å². The number of rotatable bonds is 4. The Labute approximate surface area is 108 Å². The number of benzene rings is 1. The summed E-state index contributed by atoms with van der Waals surface area (Å²) < 4.78 is 28.2. The Hall–Kier alpha value is -1.32. The fourth-order valence-corrected chi connectivity index (χ4v) is 1.99. The quantitative estimate of drug-likeness (QED) is 0.360. The van der Waals surface area contributed by atoms with E-state index in [1.807, 2.05) is 0 Å². The summed E-state index contributed by atoms with van der Waals surface area (Å²) in [7, 11) is 0. The monoisotopic (exact) mass is 357 g/mol. The van der Waals surface area contributed by atoms with Crippen molar-refractivity contribution >= 4 is 34.1 Å². The molecule has 0 fully saturated rings. The molecule has 1 aromatic carbocycles. The summed E-state index contributed by atoms with van der Waals surface area (Å²) in [5.74, 6) is -0.866. The lowest BCUT2D eigenvalue weighted by Crippen LogP contribution is -2.06. The van der Waals surface area contributed by atoms with Gasteiger partial charge in [0, 0.05) is 6.07 Å². The van der Waals surface area contributed by atoms with E-state index in [0.717, 1.165) is 19.1 Å². The van der Waals surface area contributed by atoms with Crippen molar-refractivity contribution in [3.05, 3.63) is 31.4 Å². The van der Waals surface area contributed by atoms with Gasteiger partial charge in [0.1, 0.15) is 5.75 Å². The van der Waals surface area contributed by atoms with E-state index in [4.69, 9.17) is 0 Å². The van der Waals surface area contributed by atoms with Gasteiger partial charge in [-0.3, -0.25) is 14.9 Å². The first-order valence-corrected chi connectivity index (χ1v) is 5.34. The van der Waals surface area contributed by atoms with Crippen LogP contribution >= 0.6 is 22.6 Å². The number of carbonyl (C=O) groups is 1. The number of alkyl halides is 2. The molecule has 92 valence electrons. The number of nitro groups is 1. The van der Waals surface area contributed by atoms with Gasteiger partial charge in [-0.25, -0.2) is 0 Å². The van der Waals surface area contributed by atoms with Gasteiger partial charge in [-0.1, -0.05) is 0 Å². The lowest BCUT2D eigenvalue weighted by molar-refractivity contribution is -0.386. The van der Waals surface area contributed by atoms with E-state index < -0.39 is 23.0 Å². The molecular weight excluding hydrogens is 351 g/mol. The van der Waals surface area contributed by atoms with Crippen molar-refractivity contribution in [3.8, 4) is 5.75 Å². The zero-order chi connectivity index (χ0) is 13.2. The topological polar surface area (TPSA) is 69.4 Å². The van der Waals surface area contributed by atoms with Crippen LogP contribution < -0.4 is 4.74 Å². The van der Waals surface area contributed by atoms with Gasteiger partial charge < -0.3 is 4.74 Å². The van der Waals surface area contributed by atoms with Crippen LogP contribution in [0.15, 0.2) is 12.1 Å². The average Bonchev–Trinajstić information content (AvgIpc) is 2.14. The Morgan fingerprint density at radius 1 is 1.53 bits per heavy atom. The zero-order valence-corrected chi connectivity index (χ0v) is 10.6. The highest BCUT2D eigenvalue weighted by atomic mass is 127. The fourth-order valence-electron chi connectivity index (χ4n) is 1.20. The van der Waals surface area contributed by atoms with E-state index in [1.165, 1.54) is 0 Å². The van der Waals surface area contributed by atoms with Gasteiger partial charge in [0.2, 0.25) is 0 Å². The highest BCUT2D eigenvalue weighted by molar-refractivity contribution is 14.1. The molecule has 0 aliphatic heterocycles. The Morgan fingerprint density at radius 2 is 2.12 bits per heavy atom. The summed E-state index contributed by atoms with van der Waals surface area (Å²) in [6.07, 6.45) is 0. The highest BCUT2D eigenvalue weighted by Gasteiger charge is 2.23. The second kappa shape index (κ2) is 5.34. The van der Waals surface area contributed by atoms with Crippen molar-refractivity contribution in [1.82, 2.24) is 0 Å². The molecule has 0 spiro atoms. The van der Waals surface area contributed by atoms with Crippen LogP contribution in [0.25, 0.3) is 0 Å². The molecule has 8 heteroatoms. The minimum absolute atomic E-state index is 0.0657. The average molecular weight is 357 g/mol. The number of nitro benzene ring substituents is 1. The number of hydrogen-bond acceptors (Lipinski definition) is 4. The molecule has 0 saturated carbocycles. The molecule has 1 rings (SSSR count). The van der Waals surface area contributed by atoms with Gasteiger partial charge in [0.25, 0.3) is 5.69 Å². The molecule has 5 nitrogen and oxygen atoms in total. The molecule has 0 unspecified atom stereocenters. The molecule has 0 amide bonds. The van der Waals surface area contributed by atoms with E-state index in [2.05, 4.69) is 4.74 Å². The van der Waals surface area contributed by atoms with Gasteiger partial charge in [-0.2, -0.15) is 8.78 Å². The summed E-state index contributed by atoms with van der Waals surface area (Å²) in [5.41, 5.74) is -0.655. The third-order valence-electron chi connectivity index (χ3n) is 1.82. The molecule has 0 heterocycles. The first kappa shape index (κ1) is 13.7. The third-order valence-corrected chi connectivity index (χ3v) is 2.65. The molecule has 0 atom stereocenters. The van der Waals surface area contributed by atoms with E-state index in [0.29, 0.717) is 0 Å². The van der Waals surface area contributed by atoms with Crippen molar-refractivity contribution in [1.29, 1.82) is 0 Å². The normalized spacial score (nSPS) is 10.4. The number of ether oxygens (including phenoxy) is 1. The molecule has 0 aliphatic carbocycles. The van der Waals surface area contributed by atoms with Gasteiger partial charge in [0.05, 0.1) is 14.1 Å². The van der Waals surface area contributed by atoms with Crippen molar-refractivity contribution < 1.29 is 23.2 Å².